The molecule has 0 bridgehead atoms. The van der Waals surface area contributed by atoms with E-state index in [1.807, 2.05) is 0 Å². The summed E-state index contributed by atoms with van der Waals surface area (Å²) in [7, 11) is 2.69. The molecule has 4 aliphatic rings. The minimum atomic E-state index is -2.01. The molecule has 2 aliphatic carbocycles. The monoisotopic (exact) mass is 596 g/mol. The summed E-state index contributed by atoms with van der Waals surface area (Å²) >= 11 is 14.3. The number of nitrogens with zero attached hydrogens (tertiary/aromatic N) is 2. The van der Waals surface area contributed by atoms with Crippen LogP contribution < -0.4 is 9.64 Å². The zero-order valence-corrected chi connectivity index (χ0v) is 23.9. The number of carbonyl (C=O) groups excluding carboxylic acids is 5. The highest BCUT2D eigenvalue weighted by Gasteiger charge is 2.76. The Kier molecular flexibility index (Phi) is 6.14. The lowest BCUT2D eigenvalue weighted by molar-refractivity contribution is -0.138. The number of phenols is 1. The van der Waals surface area contributed by atoms with Crippen molar-refractivity contribution in [2.24, 2.45) is 17.8 Å². The van der Waals surface area contributed by atoms with Crippen molar-refractivity contribution in [1.82, 2.24) is 4.90 Å². The molecule has 3 fully saturated rings. The Bertz CT molecular complexity index is 1590. The molecule has 0 aromatic heterocycles. The highest BCUT2D eigenvalue weighted by atomic mass is 35.5. The Labute approximate surface area is 245 Å². The number of anilines is 1. The van der Waals surface area contributed by atoms with Crippen molar-refractivity contribution in [3.63, 3.8) is 0 Å². The molecule has 212 valence electrons. The lowest BCUT2D eigenvalue weighted by atomic mass is 9.56. The number of methoxy groups -OCH3 is 1. The summed E-state index contributed by atoms with van der Waals surface area (Å²) in [6, 6.07) is 11.0. The Morgan fingerprint density at radius 2 is 1.68 bits per heavy atom. The van der Waals surface area contributed by atoms with Gasteiger partial charge in [-0.3, -0.25) is 33.8 Å². The van der Waals surface area contributed by atoms with Crippen LogP contribution in [0.3, 0.4) is 0 Å². The molecule has 2 aromatic carbocycles. The minimum absolute atomic E-state index is 0.136. The molecule has 6 atom stereocenters. The van der Waals surface area contributed by atoms with Crippen LogP contribution in [0, 0.1) is 17.8 Å². The first kappa shape index (κ1) is 27.5. The quantitative estimate of drug-likeness (QED) is 0.246. The van der Waals surface area contributed by atoms with Gasteiger partial charge in [-0.1, -0.05) is 23.8 Å². The molecule has 4 amide bonds. The summed E-state index contributed by atoms with van der Waals surface area (Å²) in [5.74, 6) is -5.99. The molecule has 9 nitrogen and oxygen atoms in total. The third-order valence-corrected chi connectivity index (χ3v) is 10.5. The third-order valence-electron chi connectivity index (χ3n) is 9.11. The molecule has 0 unspecified atom stereocenters. The lowest BCUT2D eigenvalue weighted by Crippen LogP contribution is -2.60. The maximum atomic E-state index is 14.0. The van der Waals surface area contributed by atoms with Gasteiger partial charge < -0.3 is 9.84 Å². The van der Waals surface area contributed by atoms with E-state index in [0.717, 1.165) is 9.80 Å². The Morgan fingerprint density at radius 3 is 2.32 bits per heavy atom. The van der Waals surface area contributed by atoms with Gasteiger partial charge in [-0.25, -0.2) is 0 Å². The number of ether oxygens (including phenoxy) is 1. The van der Waals surface area contributed by atoms with Crippen LogP contribution in [0.5, 0.6) is 11.5 Å². The number of benzene rings is 2. The van der Waals surface area contributed by atoms with Crippen LogP contribution in [0.25, 0.3) is 0 Å². The number of phenolic OH excluding ortho intramolecular Hbond substituents is 1. The number of rotatable bonds is 4. The largest absolute Gasteiger partial charge is 0.504 e. The Balaban J connectivity index is 1.50. The maximum Gasteiger partial charge on any atom is 0.253 e. The van der Waals surface area contributed by atoms with Gasteiger partial charge in [-0.2, -0.15) is 0 Å². The summed E-state index contributed by atoms with van der Waals surface area (Å²) in [5, 5.41) is 11.2. The van der Waals surface area contributed by atoms with Gasteiger partial charge >= 0.3 is 0 Å². The summed E-state index contributed by atoms with van der Waals surface area (Å²) in [6.45, 7) is 1.42. The first-order valence-corrected chi connectivity index (χ1v) is 13.9. The van der Waals surface area contributed by atoms with Gasteiger partial charge in [0, 0.05) is 24.1 Å². The number of fused-ring (bicyclic) bond motifs is 4. The van der Waals surface area contributed by atoms with Gasteiger partial charge in [-0.15, -0.1) is 23.2 Å². The van der Waals surface area contributed by atoms with Crippen LogP contribution in [0.4, 0.5) is 5.69 Å². The third kappa shape index (κ3) is 3.45. The molecule has 2 heterocycles. The number of imide groups is 2. The normalized spacial score (nSPS) is 32.5. The molecule has 6 rings (SSSR count). The van der Waals surface area contributed by atoms with Crippen molar-refractivity contribution >= 4 is 58.3 Å². The van der Waals surface area contributed by atoms with Crippen molar-refractivity contribution < 1.29 is 33.8 Å². The number of para-hydroxylation sites is 1. The highest BCUT2D eigenvalue weighted by molar-refractivity contribution is 6.53. The summed E-state index contributed by atoms with van der Waals surface area (Å²) in [4.78, 5) is 64.6. The van der Waals surface area contributed by atoms with Crippen molar-refractivity contribution in [2.45, 2.75) is 35.4 Å². The molecule has 0 spiro atoms. The van der Waals surface area contributed by atoms with E-state index in [9.17, 15) is 29.1 Å². The number of Topliss-reactive ketones (excluding diaryl/α,β-unsaturated/α-hetero) is 1. The molecule has 1 N–H and O–H groups in total. The van der Waals surface area contributed by atoms with E-state index >= 15 is 0 Å². The molecule has 1 saturated carbocycles. The molecule has 2 aliphatic heterocycles. The molecule has 11 heteroatoms. The van der Waals surface area contributed by atoms with E-state index < -0.39 is 57.0 Å². The van der Waals surface area contributed by atoms with Gasteiger partial charge in [0.1, 0.15) is 0 Å². The number of hydrogen-bond donors (Lipinski definition) is 1. The Morgan fingerprint density at radius 1 is 1.00 bits per heavy atom. The minimum Gasteiger partial charge on any atom is -0.504 e. The fourth-order valence-corrected chi connectivity index (χ4v) is 8.14. The van der Waals surface area contributed by atoms with E-state index in [2.05, 4.69) is 0 Å². The Hall–Kier alpha value is -3.69. The highest BCUT2D eigenvalue weighted by Crippen LogP contribution is 2.66. The predicted molar refractivity (Wildman–Crippen MR) is 149 cm³/mol. The van der Waals surface area contributed by atoms with Gasteiger partial charge in [0.2, 0.25) is 11.8 Å². The van der Waals surface area contributed by atoms with E-state index in [0.29, 0.717) is 16.8 Å². The average Bonchev–Trinajstić information content (AvgIpc) is 3.28. The summed E-state index contributed by atoms with van der Waals surface area (Å²) in [5.41, 5.74) is 1.56. The molecule has 0 radical (unpaired) electrons. The first-order valence-electron chi connectivity index (χ1n) is 13.1. The van der Waals surface area contributed by atoms with E-state index in [1.54, 1.807) is 48.5 Å². The standard InChI is InChI=1S/C30H26Cl2N2O7/c1-14(35)15-7-9-16(10-8-15)34-25(37)18-12-11-17-20(22(18)26(34)38)13-29(31)27(39)33(2)28(40)30(29,32)23(17)19-5-4-6-21(41-3)24(19)36/h4-11,18,20,22-23,36H,12-13H2,1-3H3/t18-,20+,22-,23+,29+,30-/m0/s1. The van der Waals surface area contributed by atoms with Crippen LogP contribution in [-0.4, -0.2) is 63.3 Å². The number of aromatic hydroxyl groups is 1. The number of alkyl halides is 2. The molecular formula is C30H26Cl2N2O7. The summed E-state index contributed by atoms with van der Waals surface area (Å²) < 4.78 is 5.30. The van der Waals surface area contributed by atoms with Crippen molar-refractivity contribution in [3.05, 3.63) is 65.2 Å². The van der Waals surface area contributed by atoms with Gasteiger partial charge in [0.05, 0.1) is 24.6 Å². The zero-order valence-electron chi connectivity index (χ0n) is 22.4. The van der Waals surface area contributed by atoms with Crippen LogP contribution in [0.15, 0.2) is 54.1 Å². The SMILES string of the molecule is COc1cccc([C@H]2C3=CC[C@@H]4C(=O)N(c5ccc(C(C)=O)cc5)C(=O)[C@@H]4[C@@H]3C[C@@]3(Cl)C(=O)N(C)C(=O)[C@@]23Cl)c1O. The van der Waals surface area contributed by atoms with Crippen LogP contribution in [0.1, 0.15) is 41.6 Å². The maximum absolute atomic E-state index is 14.0. The second-order valence-electron chi connectivity index (χ2n) is 11.0. The van der Waals surface area contributed by atoms with Crippen LogP contribution >= 0.6 is 23.2 Å². The van der Waals surface area contributed by atoms with Crippen molar-refractivity contribution in [1.29, 1.82) is 0 Å². The van der Waals surface area contributed by atoms with E-state index in [4.69, 9.17) is 27.9 Å². The fraction of sp³-hybridized carbons (Fsp3) is 0.367. The van der Waals surface area contributed by atoms with E-state index in [-0.39, 0.29) is 35.7 Å². The molecular weight excluding hydrogens is 571 g/mol. The molecule has 2 saturated heterocycles. The first-order chi connectivity index (χ1) is 19.4. The van der Waals surface area contributed by atoms with Crippen LogP contribution in [-0.2, 0) is 19.2 Å². The van der Waals surface area contributed by atoms with Gasteiger partial charge in [0.25, 0.3) is 11.8 Å². The number of likely N-dealkylation sites (tertiary alicyclic amines) is 1. The number of ketones is 1. The second kappa shape index (κ2) is 9.16. The number of carbonyl (C=O) groups is 5. The van der Waals surface area contributed by atoms with Gasteiger partial charge in [-0.05, 0) is 56.0 Å². The average molecular weight is 597 g/mol. The smallest absolute Gasteiger partial charge is 0.253 e. The lowest BCUT2D eigenvalue weighted by Gasteiger charge is -2.50. The van der Waals surface area contributed by atoms with E-state index in [1.165, 1.54) is 21.1 Å². The second-order valence-corrected chi connectivity index (χ2v) is 12.3. The topological polar surface area (TPSA) is 121 Å². The molecule has 41 heavy (non-hydrogen) atoms. The zero-order chi connectivity index (χ0) is 29.6. The number of hydrogen-bond acceptors (Lipinski definition) is 7. The van der Waals surface area contributed by atoms with Crippen LogP contribution in [0.2, 0.25) is 0 Å². The fourth-order valence-electron chi connectivity index (χ4n) is 7.13. The van der Waals surface area contributed by atoms with Crippen molar-refractivity contribution in [3.8, 4) is 11.5 Å². The number of amides is 4. The van der Waals surface area contributed by atoms with Crippen molar-refractivity contribution in [2.75, 3.05) is 19.1 Å². The number of allylic oxidation sites excluding steroid dienone is 2. The summed E-state index contributed by atoms with van der Waals surface area (Å²) in [6.07, 6.45) is 1.82. The predicted octanol–water partition coefficient (Wildman–Crippen LogP) is 3.80. The van der Waals surface area contributed by atoms with Gasteiger partial charge in [0.15, 0.2) is 27.0 Å². The molecule has 2 aromatic rings. The number of halogens is 2.